The average molecular weight is 374 g/mol. The van der Waals surface area contributed by atoms with Gasteiger partial charge in [0.25, 0.3) is 0 Å². The summed E-state index contributed by atoms with van der Waals surface area (Å²) in [6, 6.07) is 6.59. The largest absolute Gasteiger partial charge is 0.496 e. The molecule has 1 fully saturated rings. The summed E-state index contributed by atoms with van der Waals surface area (Å²) in [5.74, 6) is 2.87. The van der Waals surface area contributed by atoms with Crippen molar-refractivity contribution < 1.29 is 9.53 Å². The van der Waals surface area contributed by atoms with Gasteiger partial charge in [0.2, 0.25) is 5.91 Å². The normalized spacial score (nSPS) is 21.8. The van der Waals surface area contributed by atoms with Crippen LogP contribution in [0.25, 0.3) is 0 Å². The summed E-state index contributed by atoms with van der Waals surface area (Å²) >= 11 is 0. The lowest BCUT2D eigenvalue weighted by Crippen LogP contribution is -2.42. The topological polar surface area (TPSA) is 38.3 Å². The second kappa shape index (κ2) is 9.12. The summed E-state index contributed by atoms with van der Waals surface area (Å²) in [5, 5.41) is 3.26. The van der Waals surface area contributed by atoms with Crippen LogP contribution >= 0.6 is 0 Å². The fourth-order valence-electron chi connectivity index (χ4n) is 4.91. The van der Waals surface area contributed by atoms with Crippen LogP contribution in [0.5, 0.6) is 5.75 Å². The van der Waals surface area contributed by atoms with Gasteiger partial charge in [0, 0.05) is 12.5 Å². The summed E-state index contributed by atoms with van der Waals surface area (Å²) in [4.78, 5) is 12.7. The highest BCUT2D eigenvalue weighted by molar-refractivity contribution is 5.79. The maximum atomic E-state index is 12.7. The van der Waals surface area contributed by atoms with Crippen LogP contribution in [-0.4, -0.2) is 19.6 Å². The number of aryl methyl sites for hydroxylation is 1. The molecule has 0 bridgehead atoms. The summed E-state index contributed by atoms with van der Waals surface area (Å²) < 4.78 is 5.38. The summed E-state index contributed by atoms with van der Waals surface area (Å²) in [5.41, 5.74) is 2.65. The Morgan fingerprint density at radius 3 is 2.30 bits per heavy atom. The van der Waals surface area contributed by atoms with Crippen molar-refractivity contribution in [2.24, 2.45) is 23.2 Å². The first-order valence-electron chi connectivity index (χ1n) is 10.6. The molecule has 0 aliphatic heterocycles. The molecule has 0 aromatic heterocycles. The lowest BCUT2D eigenvalue weighted by atomic mass is 9.73. The minimum Gasteiger partial charge on any atom is -0.496 e. The van der Waals surface area contributed by atoms with Crippen molar-refractivity contribution in [3.63, 3.8) is 0 Å². The smallest absolute Gasteiger partial charge is 0.223 e. The number of hydrogen-bond donors (Lipinski definition) is 1. The number of ether oxygens (including phenoxy) is 1. The van der Waals surface area contributed by atoms with E-state index >= 15 is 0 Å². The van der Waals surface area contributed by atoms with Crippen LogP contribution in [-0.2, 0) is 4.79 Å². The third-order valence-electron chi connectivity index (χ3n) is 6.18. The molecule has 3 nitrogen and oxygen atoms in total. The Hall–Kier alpha value is -1.51. The predicted octanol–water partition coefficient (Wildman–Crippen LogP) is 5.71. The molecule has 1 aromatic carbocycles. The Labute approximate surface area is 166 Å². The van der Waals surface area contributed by atoms with E-state index in [-0.39, 0.29) is 17.2 Å². The second-order valence-corrected chi connectivity index (χ2v) is 9.78. The van der Waals surface area contributed by atoms with Gasteiger partial charge in [-0.2, -0.15) is 0 Å². The molecule has 1 aromatic rings. The zero-order valence-electron chi connectivity index (χ0n) is 18.4. The molecule has 1 unspecified atom stereocenters. The molecule has 1 saturated carbocycles. The van der Waals surface area contributed by atoms with Crippen LogP contribution in [0.4, 0.5) is 0 Å². The van der Waals surface area contributed by atoms with E-state index in [1.54, 1.807) is 7.11 Å². The molecular formula is C24H39NO2. The Morgan fingerprint density at radius 2 is 1.81 bits per heavy atom. The standard InChI is InChI=1S/C24H39NO2/c1-16(2)22(24(4,5)6)23(26)25-15-18-8-10-19(11-9-18)20-12-13-21(27-7)17(3)14-20/h12-14,16,18-19,22H,8-11,15H2,1-7H3,(H,25,26). The zero-order valence-corrected chi connectivity index (χ0v) is 18.4. The van der Waals surface area contributed by atoms with E-state index in [1.807, 2.05) is 0 Å². The monoisotopic (exact) mass is 373 g/mol. The quantitative estimate of drug-likeness (QED) is 0.693. The number of carbonyl (C=O) groups excluding carboxylic acids is 1. The number of carbonyl (C=O) groups is 1. The molecule has 2 rings (SSSR count). The lowest BCUT2D eigenvalue weighted by Gasteiger charge is -2.34. The van der Waals surface area contributed by atoms with E-state index in [4.69, 9.17) is 4.74 Å². The highest BCUT2D eigenvalue weighted by Gasteiger charge is 2.34. The van der Waals surface area contributed by atoms with Crippen LogP contribution < -0.4 is 10.1 Å². The summed E-state index contributed by atoms with van der Waals surface area (Å²) in [6.07, 6.45) is 4.80. The molecule has 0 spiro atoms. The molecule has 1 N–H and O–H groups in total. The molecule has 1 amide bonds. The van der Waals surface area contributed by atoms with Crippen molar-refractivity contribution in [1.82, 2.24) is 5.32 Å². The Kier molecular flexibility index (Phi) is 7.36. The highest BCUT2D eigenvalue weighted by Crippen LogP contribution is 2.37. The Bertz CT molecular complexity index is 622. The Morgan fingerprint density at radius 1 is 1.19 bits per heavy atom. The van der Waals surface area contributed by atoms with Crippen LogP contribution in [0.2, 0.25) is 0 Å². The average Bonchev–Trinajstić information content (AvgIpc) is 2.58. The second-order valence-electron chi connectivity index (χ2n) is 9.78. The predicted molar refractivity (Wildman–Crippen MR) is 113 cm³/mol. The third kappa shape index (κ3) is 5.73. The lowest BCUT2D eigenvalue weighted by molar-refractivity contribution is -0.130. The van der Waals surface area contributed by atoms with E-state index in [0.717, 1.165) is 12.3 Å². The maximum absolute atomic E-state index is 12.7. The zero-order chi connectivity index (χ0) is 20.2. The maximum Gasteiger partial charge on any atom is 0.223 e. The fraction of sp³-hybridized carbons (Fsp3) is 0.708. The van der Waals surface area contributed by atoms with E-state index in [0.29, 0.717) is 17.8 Å². The van der Waals surface area contributed by atoms with Crippen molar-refractivity contribution >= 4 is 5.91 Å². The first kappa shape index (κ1) is 21.8. The fourth-order valence-corrected chi connectivity index (χ4v) is 4.91. The SMILES string of the molecule is COc1ccc(C2CCC(CNC(=O)C(C(C)C)C(C)(C)C)CC2)cc1C. The summed E-state index contributed by atoms with van der Waals surface area (Å²) in [6.45, 7) is 13.7. The van der Waals surface area contributed by atoms with Gasteiger partial charge < -0.3 is 10.1 Å². The molecule has 0 radical (unpaired) electrons. The molecule has 0 heterocycles. The number of methoxy groups -OCH3 is 1. The molecular weight excluding hydrogens is 334 g/mol. The first-order chi connectivity index (χ1) is 12.6. The van der Waals surface area contributed by atoms with Crippen molar-refractivity contribution in [2.45, 2.75) is 73.1 Å². The van der Waals surface area contributed by atoms with Crippen molar-refractivity contribution in [3.8, 4) is 5.75 Å². The minimum atomic E-state index is 0.00212. The van der Waals surface area contributed by atoms with Crippen LogP contribution in [0, 0.1) is 30.1 Å². The number of rotatable bonds is 6. The van der Waals surface area contributed by atoms with Gasteiger partial charge in [-0.05, 0) is 73.0 Å². The summed E-state index contributed by atoms with van der Waals surface area (Å²) in [7, 11) is 1.73. The molecule has 0 saturated heterocycles. The van der Waals surface area contributed by atoms with E-state index in [1.165, 1.54) is 36.8 Å². The van der Waals surface area contributed by atoms with Gasteiger partial charge >= 0.3 is 0 Å². The Balaban J connectivity index is 1.85. The van der Waals surface area contributed by atoms with Crippen molar-refractivity contribution in [1.29, 1.82) is 0 Å². The van der Waals surface area contributed by atoms with Gasteiger partial charge in [0.15, 0.2) is 0 Å². The van der Waals surface area contributed by atoms with Gasteiger partial charge in [0.05, 0.1) is 7.11 Å². The van der Waals surface area contributed by atoms with Crippen LogP contribution in [0.1, 0.15) is 77.3 Å². The van der Waals surface area contributed by atoms with Crippen molar-refractivity contribution in [3.05, 3.63) is 29.3 Å². The number of hydrogen-bond acceptors (Lipinski definition) is 2. The number of amides is 1. The van der Waals surface area contributed by atoms with Gasteiger partial charge in [-0.15, -0.1) is 0 Å². The highest BCUT2D eigenvalue weighted by atomic mass is 16.5. The van der Waals surface area contributed by atoms with E-state index in [2.05, 4.69) is 65.1 Å². The third-order valence-corrected chi connectivity index (χ3v) is 6.18. The molecule has 27 heavy (non-hydrogen) atoms. The number of nitrogens with one attached hydrogen (secondary N) is 1. The molecule has 1 aliphatic carbocycles. The first-order valence-corrected chi connectivity index (χ1v) is 10.6. The molecule has 152 valence electrons. The molecule has 3 heteroatoms. The van der Waals surface area contributed by atoms with Gasteiger partial charge in [-0.1, -0.05) is 46.8 Å². The molecule has 1 aliphatic rings. The van der Waals surface area contributed by atoms with E-state index < -0.39 is 0 Å². The van der Waals surface area contributed by atoms with Gasteiger partial charge in [-0.3, -0.25) is 4.79 Å². The minimum absolute atomic E-state index is 0.00212. The van der Waals surface area contributed by atoms with Gasteiger partial charge in [-0.25, -0.2) is 0 Å². The van der Waals surface area contributed by atoms with Crippen molar-refractivity contribution in [2.75, 3.05) is 13.7 Å². The van der Waals surface area contributed by atoms with Crippen LogP contribution in [0.3, 0.4) is 0 Å². The van der Waals surface area contributed by atoms with Gasteiger partial charge in [0.1, 0.15) is 5.75 Å². The van der Waals surface area contributed by atoms with E-state index in [9.17, 15) is 4.79 Å². The number of benzene rings is 1. The van der Waals surface area contributed by atoms with Crippen LogP contribution in [0.15, 0.2) is 18.2 Å². The molecule has 1 atom stereocenters.